The van der Waals surface area contributed by atoms with Crippen LogP contribution in [0.5, 0.6) is 0 Å². The molecule has 2 aliphatic rings. The van der Waals surface area contributed by atoms with Crippen LogP contribution in [-0.2, 0) is 14.5 Å². The maximum atomic E-state index is 12.9. The van der Waals surface area contributed by atoms with Crippen molar-refractivity contribution in [3.63, 3.8) is 0 Å². The van der Waals surface area contributed by atoms with Gasteiger partial charge in [-0.05, 0) is 19.9 Å². The normalized spacial score (nSPS) is 37.4. The highest BCUT2D eigenvalue weighted by atomic mass is 19.4. The fraction of sp³-hybridized carbons (Fsp3) is 1.00. The first-order valence-electron chi connectivity index (χ1n) is 7.56. The average molecular weight is 343 g/mol. The van der Waals surface area contributed by atoms with Gasteiger partial charge in [0.1, 0.15) is 18.5 Å². The van der Waals surface area contributed by atoms with Crippen molar-refractivity contribution in [1.29, 1.82) is 0 Å². The molecule has 2 aliphatic heterocycles. The molecule has 0 aliphatic carbocycles. The lowest BCUT2D eigenvalue weighted by Crippen LogP contribution is -2.56. The first-order valence-corrected chi connectivity index (χ1v) is 7.56. The molecule has 2 rings (SSSR count). The van der Waals surface area contributed by atoms with Crippen LogP contribution >= 0.6 is 0 Å². The van der Waals surface area contributed by atoms with Crippen molar-refractivity contribution in [3.05, 3.63) is 0 Å². The number of halogens is 3. The molecule has 0 saturated carbocycles. The van der Waals surface area contributed by atoms with Crippen LogP contribution in [0.4, 0.5) is 13.2 Å². The first kappa shape index (κ1) is 18.8. The van der Waals surface area contributed by atoms with E-state index < -0.39 is 24.7 Å². The molecule has 2 saturated heterocycles. The molecular weight excluding hydrogens is 319 g/mol. The molecule has 0 bridgehead atoms. The van der Waals surface area contributed by atoms with Crippen LogP contribution < -0.4 is 16.4 Å². The van der Waals surface area contributed by atoms with E-state index >= 15 is 0 Å². The van der Waals surface area contributed by atoms with Crippen LogP contribution in [0, 0.1) is 11.8 Å². The molecule has 2 heterocycles. The molecule has 0 aromatic heterocycles. The van der Waals surface area contributed by atoms with Crippen molar-refractivity contribution in [1.82, 2.24) is 10.6 Å². The Morgan fingerprint density at radius 1 is 1.43 bits per heavy atom. The second-order valence-corrected chi connectivity index (χ2v) is 5.88. The Morgan fingerprint density at radius 2 is 2.13 bits per heavy atom. The van der Waals surface area contributed by atoms with E-state index in [0.717, 1.165) is 0 Å². The lowest BCUT2D eigenvalue weighted by atomic mass is 9.86. The van der Waals surface area contributed by atoms with E-state index in [2.05, 4.69) is 15.5 Å². The highest BCUT2D eigenvalue weighted by Crippen LogP contribution is 2.42. The summed E-state index contributed by atoms with van der Waals surface area (Å²) in [5.41, 5.74) is 5.65. The smallest absolute Gasteiger partial charge is 0.378 e. The fourth-order valence-corrected chi connectivity index (χ4v) is 3.20. The summed E-state index contributed by atoms with van der Waals surface area (Å²) in [7, 11) is 2.84. The Labute approximate surface area is 132 Å². The summed E-state index contributed by atoms with van der Waals surface area (Å²) in [4.78, 5) is 9.54. The first-order chi connectivity index (χ1) is 10.8. The van der Waals surface area contributed by atoms with Gasteiger partial charge in [0, 0.05) is 18.4 Å². The zero-order valence-corrected chi connectivity index (χ0v) is 13.0. The van der Waals surface area contributed by atoms with Crippen molar-refractivity contribution < 1.29 is 32.8 Å². The second-order valence-electron chi connectivity index (χ2n) is 5.88. The van der Waals surface area contributed by atoms with Crippen molar-refractivity contribution in [2.24, 2.45) is 17.6 Å². The summed E-state index contributed by atoms with van der Waals surface area (Å²) >= 11 is 0. The SMILES string of the molecule is CNC(O)C(CN)C1OC1C1CCC(C(F)(F)F)NC1OOC. The minimum absolute atomic E-state index is 0.0633. The number of nitrogens with one attached hydrogen (secondary N) is 2. The molecule has 5 N–H and O–H groups in total. The molecule has 0 spiro atoms. The predicted octanol–water partition coefficient (Wildman–Crippen LogP) is -0.299. The van der Waals surface area contributed by atoms with Crippen molar-refractivity contribution in [3.8, 4) is 0 Å². The summed E-state index contributed by atoms with van der Waals surface area (Å²) < 4.78 is 44.2. The van der Waals surface area contributed by atoms with Gasteiger partial charge in [-0.2, -0.15) is 13.2 Å². The Kier molecular flexibility index (Phi) is 6.22. The Hall–Kier alpha value is -0.490. The Morgan fingerprint density at radius 3 is 2.65 bits per heavy atom. The van der Waals surface area contributed by atoms with Gasteiger partial charge in [0.05, 0.1) is 19.3 Å². The number of aliphatic hydroxyl groups is 1. The van der Waals surface area contributed by atoms with Crippen molar-refractivity contribution >= 4 is 0 Å². The molecular formula is C13H24F3N3O4. The van der Waals surface area contributed by atoms with Crippen LogP contribution in [0.15, 0.2) is 0 Å². The standard InChI is InChI=1S/C13H24F3N3O4/c1-18-11(20)7(5-17)10-9(22-10)6-3-4-8(13(14,15)16)19-12(6)23-21-2/h6-12,18-20H,3-5,17H2,1-2H3. The van der Waals surface area contributed by atoms with Gasteiger partial charge < -0.3 is 15.6 Å². The fourth-order valence-electron chi connectivity index (χ4n) is 3.20. The van der Waals surface area contributed by atoms with E-state index in [0.29, 0.717) is 0 Å². The van der Waals surface area contributed by atoms with Gasteiger partial charge in [-0.25, -0.2) is 9.78 Å². The molecule has 0 amide bonds. The number of hydrogen-bond donors (Lipinski definition) is 4. The number of piperidine rings is 1. The molecule has 0 aromatic carbocycles. The average Bonchev–Trinajstić information content (AvgIpc) is 3.27. The molecule has 7 atom stereocenters. The van der Waals surface area contributed by atoms with Gasteiger partial charge in [-0.15, -0.1) is 0 Å². The summed E-state index contributed by atoms with van der Waals surface area (Å²) in [6.07, 6.45) is -6.54. The summed E-state index contributed by atoms with van der Waals surface area (Å²) in [6.45, 7) is 0.199. The van der Waals surface area contributed by atoms with E-state index in [1.165, 1.54) is 7.11 Å². The molecule has 23 heavy (non-hydrogen) atoms. The number of aliphatic hydroxyl groups excluding tert-OH is 1. The van der Waals surface area contributed by atoms with Gasteiger partial charge >= 0.3 is 6.18 Å². The van der Waals surface area contributed by atoms with Crippen LogP contribution in [0.25, 0.3) is 0 Å². The molecule has 7 unspecified atom stereocenters. The van der Waals surface area contributed by atoms with Gasteiger partial charge in [-0.3, -0.25) is 10.6 Å². The third kappa shape index (κ3) is 4.32. The molecule has 2 fully saturated rings. The number of alkyl halides is 3. The van der Waals surface area contributed by atoms with E-state index in [9.17, 15) is 18.3 Å². The number of nitrogens with two attached hydrogens (primary N) is 1. The monoisotopic (exact) mass is 343 g/mol. The third-order valence-corrected chi connectivity index (χ3v) is 4.52. The largest absolute Gasteiger partial charge is 0.403 e. The van der Waals surface area contributed by atoms with Gasteiger partial charge in [-0.1, -0.05) is 0 Å². The quantitative estimate of drug-likeness (QED) is 0.218. The van der Waals surface area contributed by atoms with Crippen LogP contribution in [-0.4, -0.2) is 62.7 Å². The number of ether oxygens (including phenoxy) is 1. The minimum Gasteiger partial charge on any atom is -0.378 e. The maximum absolute atomic E-state index is 12.9. The summed E-state index contributed by atoms with van der Waals surface area (Å²) in [6, 6.07) is -1.63. The maximum Gasteiger partial charge on any atom is 0.403 e. The zero-order valence-electron chi connectivity index (χ0n) is 13.0. The van der Waals surface area contributed by atoms with Crippen molar-refractivity contribution in [2.75, 3.05) is 20.7 Å². The van der Waals surface area contributed by atoms with Gasteiger partial charge in [0.2, 0.25) is 0 Å². The minimum atomic E-state index is -4.34. The van der Waals surface area contributed by atoms with Crippen LogP contribution in [0.2, 0.25) is 0 Å². The topological polar surface area (TPSA) is 101 Å². The Balaban J connectivity index is 2.00. The molecule has 136 valence electrons. The Bertz CT molecular complexity index is 388. The van der Waals surface area contributed by atoms with Crippen LogP contribution in [0.1, 0.15) is 12.8 Å². The highest BCUT2D eigenvalue weighted by Gasteiger charge is 2.56. The lowest BCUT2D eigenvalue weighted by molar-refractivity contribution is -0.334. The summed E-state index contributed by atoms with van der Waals surface area (Å²) in [5, 5.41) is 15.0. The lowest BCUT2D eigenvalue weighted by Gasteiger charge is -2.36. The molecule has 10 heteroatoms. The second kappa shape index (κ2) is 7.60. The van der Waals surface area contributed by atoms with Gasteiger partial charge in [0.25, 0.3) is 0 Å². The predicted molar refractivity (Wildman–Crippen MR) is 73.9 cm³/mol. The highest BCUT2D eigenvalue weighted by molar-refractivity contribution is 5.01. The zero-order chi connectivity index (χ0) is 17.2. The number of hydrogen-bond acceptors (Lipinski definition) is 7. The molecule has 0 aromatic rings. The molecule has 0 radical (unpaired) electrons. The van der Waals surface area contributed by atoms with Gasteiger partial charge in [0.15, 0.2) is 0 Å². The van der Waals surface area contributed by atoms with E-state index in [1.807, 2.05) is 0 Å². The summed E-state index contributed by atoms with van der Waals surface area (Å²) in [5.74, 6) is -0.648. The van der Waals surface area contributed by atoms with Crippen LogP contribution in [0.3, 0.4) is 0 Å². The molecule has 7 nitrogen and oxygen atoms in total. The number of rotatable bonds is 7. The number of epoxide rings is 1. The van der Waals surface area contributed by atoms with E-state index in [-0.39, 0.29) is 43.4 Å². The third-order valence-electron chi connectivity index (χ3n) is 4.52. The van der Waals surface area contributed by atoms with E-state index in [1.54, 1.807) is 7.05 Å². The van der Waals surface area contributed by atoms with Crippen molar-refractivity contribution in [2.45, 2.75) is 49.7 Å². The van der Waals surface area contributed by atoms with E-state index in [4.69, 9.17) is 15.4 Å².